The van der Waals surface area contributed by atoms with E-state index in [1.165, 1.54) is 5.56 Å². The normalized spacial score (nSPS) is 12.5. The molecule has 0 saturated carbocycles. The molecule has 0 aliphatic heterocycles. The average Bonchev–Trinajstić information content (AvgIpc) is 2.26. The SMILES string of the molecule is CC[C@@H](C)NCc1ccc(OC)c(Br)c1. The summed E-state index contributed by atoms with van der Waals surface area (Å²) in [5.74, 6) is 0.877. The van der Waals surface area contributed by atoms with Gasteiger partial charge in [-0.15, -0.1) is 0 Å². The van der Waals surface area contributed by atoms with Crippen molar-refractivity contribution in [1.29, 1.82) is 0 Å². The van der Waals surface area contributed by atoms with Crippen LogP contribution in [0.3, 0.4) is 0 Å². The van der Waals surface area contributed by atoms with E-state index in [1.54, 1.807) is 7.11 Å². The largest absolute Gasteiger partial charge is 0.496 e. The molecule has 0 aromatic heterocycles. The number of methoxy groups -OCH3 is 1. The van der Waals surface area contributed by atoms with Crippen molar-refractivity contribution in [2.24, 2.45) is 0 Å². The Morgan fingerprint density at radius 1 is 1.47 bits per heavy atom. The molecule has 15 heavy (non-hydrogen) atoms. The van der Waals surface area contributed by atoms with Crippen LogP contribution < -0.4 is 10.1 Å². The van der Waals surface area contributed by atoms with E-state index in [1.807, 2.05) is 6.07 Å². The fraction of sp³-hybridized carbons (Fsp3) is 0.500. The molecule has 3 heteroatoms. The van der Waals surface area contributed by atoms with Crippen molar-refractivity contribution in [2.45, 2.75) is 32.9 Å². The lowest BCUT2D eigenvalue weighted by Crippen LogP contribution is -2.24. The Bertz CT molecular complexity index is 314. The van der Waals surface area contributed by atoms with Gasteiger partial charge in [-0.2, -0.15) is 0 Å². The molecule has 0 aliphatic rings. The predicted molar refractivity (Wildman–Crippen MR) is 67.3 cm³/mol. The van der Waals surface area contributed by atoms with Crippen LogP contribution in [-0.2, 0) is 6.54 Å². The van der Waals surface area contributed by atoms with E-state index in [2.05, 4.69) is 47.2 Å². The van der Waals surface area contributed by atoms with Crippen LogP contribution >= 0.6 is 15.9 Å². The van der Waals surface area contributed by atoms with Crippen LogP contribution in [0, 0.1) is 0 Å². The highest BCUT2D eigenvalue weighted by Crippen LogP contribution is 2.25. The summed E-state index contributed by atoms with van der Waals surface area (Å²) >= 11 is 3.48. The number of rotatable bonds is 5. The summed E-state index contributed by atoms with van der Waals surface area (Å²) < 4.78 is 6.19. The first kappa shape index (κ1) is 12.5. The van der Waals surface area contributed by atoms with Crippen molar-refractivity contribution >= 4 is 15.9 Å². The highest BCUT2D eigenvalue weighted by Gasteiger charge is 2.02. The van der Waals surface area contributed by atoms with Crippen LogP contribution in [0.1, 0.15) is 25.8 Å². The minimum absolute atomic E-state index is 0.561. The number of halogens is 1. The highest BCUT2D eigenvalue weighted by atomic mass is 79.9. The smallest absolute Gasteiger partial charge is 0.133 e. The average molecular weight is 272 g/mol. The minimum atomic E-state index is 0.561. The molecule has 1 atom stereocenters. The van der Waals surface area contributed by atoms with E-state index in [0.717, 1.165) is 23.2 Å². The first-order valence-electron chi connectivity index (χ1n) is 5.23. The molecule has 0 aliphatic carbocycles. The van der Waals surface area contributed by atoms with Crippen molar-refractivity contribution in [3.05, 3.63) is 28.2 Å². The van der Waals surface area contributed by atoms with Gasteiger partial charge in [0.25, 0.3) is 0 Å². The molecular formula is C12H18BrNO. The highest BCUT2D eigenvalue weighted by molar-refractivity contribution is 9.10. The molecule has 1 rings (SSSR count). The maximum absolute atomic E-state index is 5.18. The van der Waals surface area contributed by atoms with Gasteiger partial charge >= 0.3 is 0 Å². The molecule has 84 valence electrons. The van der Waals surface area contributed by atoms with Crippen LogP contribution in [0.5, 0.6) is 5.75 Å². The fourth-order valence-corrected chi connectivity index (χ4v) is 1.84. The summed E-state index contributed by atoms with van der Waals surface area (Å²) in [5, 5.41) is 3.45. The lowest BCUT2D eigenvalue weighted by Gasteiger charge is -2.12. The van der Waals surface area contributed by atoms with Crippen molar-refractivity contribution in [1.82, 2.24) is 5.32 Å². The van der Waals surface area contributed by atoms with E-state index < -0.39 is 0 Å². The summed E-state index contributed by atoms with van der Waals surface area (Å²) in [5.41, 5.74) is 1.27. The Morgan fingerprint density at radius 3 is 2.73 bits per heavy atom. The molecule has 0 amide bonds. The quantitative estimate of drug-likeness (QED) is 0.887. The third kappa shape index (κ3) is 3.84. The zero-order valence-electron chi connectivity index (χ0n) is 9.51. The van der Waals surface area contributed by atoms with E-state index in [-0.39, 0.29) is 0 Å². The van der Waals surface area contributed by atoms with Crippen LogP contribution in [0.4, 0.5) is 0 Å². The van der Waals surface area contributed by atoms with Crippen molar-refractivity contribution < 1.29 is 4.74 Å². The number of hydrogen-bond donors (Lipinski definition) is 1. The van der Waals surface area contributed by atoms with Gasteiger partial charge in [-0.1, -0.05) is 13.0 Å². The molecule has 1 N–H and O–H groups in total. The molecule has 1 aromatic carbocycles. The molecule has 1 aromatic rings. The molecule has 0 spiro atoms. The fourth-order valence-electron chi connectivity index (χ4n) is 1.26. The van der Waals surface area contributed by atoms with E-state index in [0.29, 0.717) is 6.04 Å². The van der Waals surface area contributed by atoms with Gasteiger partial charge in [0, 0.05) is 12.6 Å². The molecular weight excluding hydrogens is 254 g/mol. The second kappa shape index (κ2) is 6.13. The molecule has 0 saturated heterocycles. The van der Waals surface area contributed by atoms with Crippen molar-refractivity contribution in [2.75, 3.05) is 7.11 Å². The number of ether oxygens (including phenoxy) is 1. The second-order valence-corrected chi connectivity index (χ2v) is 4.51. The van der Waals surface area contributed by atoms with Gasteiger partial charge in [-0.25, -0.2) is 0 Å². The van der Waals surface area contributed by atoms with Gasteiger partial charge < -0.3 is 10.1 Å². The molecule has 0 fully saturated rings. The van der Waals surface area contributed by atoms with Gasteiger partial charge in [0.05, 0.1) is 11.6 Å². The van der Waals surface area contributed by atoms with E-state index >= 15 is 0 Å². The van der Waals surface area contributed by atoms with Gasteiger partial charge in [0.2, 0.25) is 0 Å². The topological polar surface area (TPSA) is 21.3 Å². The standard InChI is InChI=1S/C12H18BrNO/c1-4-9(2)14-8-10-5-6-12(15-3)11(13)7-10/h5-7,9,14H,4,8H2,1-3H3/t9-/m1/s1. The summed E-state index contributed by atoms with van der Waals surface area (Å²) in [7, 11) is 1.68. The first-order chi connectivity index (χ1) is 7.17. The Kier molecular flexibility index (Phi) is 5.12. The third-order valence-electron chi connectivity index (χ3n) is 2.48. The van der Waals surface area contributed by atoms with Crippen LogP contribution in [0.15, 0.2) is 22.7 Å². The molecule has 2 nitrogen and oxygen atoms in total. The maximum Gasteiger partial charge on any atom is 0.133 e. The van der Waals surface area contributed by atoms with Crippen LogP contribution in [-0.4, -0.2) is 13.2 Å². The Balaban J connectivity index is 2.59. The predicted octanol–water partition coefficient (Wildman–Crippen LogP) is 3.35. The van der Waals surface area contributed by atoms with Gasteiger partial charge in [-0.05, 0) is 47.0 Å². The lowest BCUT2D eigenvalue weighted by molar-refractivity contribution is 0.412. The molecule has 0 bridgehead atoms. The number of nitrogens with one attached hydrogen (secondary N) is 1. The summed E-state index contributed by atoms with van der Waals surface area (Å²) in [6.07, 6.45) is 1.15. The van der Waals surface area contributed by atoms with Gasteiger partial charge in [-0.3, -0.25) is 0 Å². The second-order valence-electron chi connectivity index (χ2n) is 3.66. The first-order valence-corrected chi connectivity index (χ1v) is 6.02. The summed E-state index contributed by atoms with van der Waals surface area (Å²) in [6.45, 7) is 5.28. The Labute approximate surface area is 100 Å². The zero-order chi connectivity index (χ0) is 11.3. The maximum atomic E-state index is 5.18. The monoisotopic (exact) mass is 271 g/mol. The summed E-state index contributed by atoms with van der Waals surface area (Å²) in [4.78, 5) is 0. The number of benzene rings is 1. The van der Waals surface area contributed by atoms with Crippen LogP contribution in [0.25, 0.3) is 0 Å². The molecule has 0 heterocycles. The lowest BCUT2D eigenvalue weighted by atomic mass is 10.2. The van der Waals surface area contributed by atoms with Crippen molar-refractivity contribution in [3.63, 3.8) is 0 Å². The van der Waals surface area contributed by atoms with E-state index in [9.17, 15) is 0 Å². The Hall–Kier alpha value is -0.540. The van der Waals surface area contributed by atoms with Gasteiger partial charge in [0.15, 0.2) is 0 Å². The van der Waals surface area contributed by atoms with Crippen molar-refractivity contribution in [3.8, 4) is 5.75 Å². The minimum Gasteiger partial charge on any atom is -0.496 e. The van der Waals surface area contributed by atoms with Crippen LogP contribution in [0.2, 0.25) is 0 Å². The Morgan fingerprint density at radius 2 is 2.20 bits per heavy atom. The van der Waals surface area contributed by atoms with Gasteiger partial charge in [0.1, 0.15) is 5.75 Å². The number of hydrogen-bond acceptors (Lipinski definition) is 2. The molecule has 0 unspecified atom stereocenters. The molecule has 0 radical (unpaired) electrons. The summed E-state index contributed by atoms with van der Waals surface area (Å²) in [6, 6.07) is 6.72. The zero-order valence-corrected chi connectivity index (χ0v) is 11.1. The third-order valence-corrected chi connectivity index (χ3v) is 3.10. The van der Waals surface area contributed by atoms with E-state index in [4.69, 9.17) is 4.74 Å².